The van der Waals surface area contributed by atoms with Gasteiger partial charge in [-0.3, -0.25) is 14.4 Å². The second-order valence-corrected chi connectivity index (χ2v) is 10.4. The van der Waals surface area contributed by atoms with Crippen LogP contribution in [0.2, 0.25) is 0 Å². The number of phenolic OH excluding ortho intramolecular Hbond substituents is 2. The van der Waals surface area contributed by atoms with Crippen LogP contribution >= 0.6 is 0 Å². The maximum absolute atomic E-state index is 13.9. The van der Waals surface area contributed by atoms with Gasteiger partial charge in [-0.05, 0) is 54.8 Å². The van der Waals surface area contributed by atoms with E-state index in [-0.39, 0.29) is 35.3 Å². The van der Waals surface area contributed by atoms with Gasteiger partial charge in [-0.2, -0.15) is 5.10 Å². The molecule has 0 saturated carbocycles. The molecule has 0 aromatic heterocycles. The van der Waals surface area contributed by atoms with Crippen molar-refractivity contribution in [3.05, 3.63) is 81.6 Å². The number of aromatic hydroxyl groups is 2. The summed E-state index contributed by atoms with van der Waals surface area (Å²) in [6.07, 6.45) is -0.0912. The van der Waals surface area contributed by atoms with Crippen LogP contribution in [-0.2, 0) is 22.4 Å². The lowest BCUT2D eigenvalue weighted by molar-refractivity contribution is -0.122. The van der Waals surface area contributed by atoms with Crippen molar-refractivity contribution in [2.24, 2.45) is 16.8 Å². The summed E-state index contributed by atoms with van der Waals surface area (Å²) in [5, 5.41) is 49.4. The smallest absolute Gasteiger partial charge is 0.244 e. The second-order valence-electron chi connectivity index (χ2n) is 10.4. The number of aliphatic hydroxyl groups is 2. The van der Waals surface area contributed by atoms with Gasteiger partial charge >= 0.3 is 0 Å². The Labute approximate surface area is 229 Å². The van der Waals surface area contributed by atoms with Crippen molar-refractivity contribution in [2.45, 2.75) is 45.3 Å². The number of hydrogen-bond acceptors (Lipinski definition) is 9. The summed E-state index contributed by atoms with van der Waals surface area (Å²) in [6, 6.07) is 10.9. The molecule has 2 aliphatic carbocycles. The molecule has 0 heterocycles. The Bertz CT molecular complexity index is 1680. The molecule has 0 fully saturated rings. The predicted molar refractivity (Wildman–Crippen MR) is 147 cm³/mol. The number of carbonyl (C=O) groups excluding carboxylic acids is 3. The summed E-state index contributed by atoms with van der Waals surface area (Å²) in [4.78, 5) is 39.6. The number of nitrogens with zero attached hydrogens (tertiary/aromatic N) is 1. The molecule has 10 nitrogen and oxygen atoms in total. The van der Waals surface area contributed by atoms with Crippen molar-refractivity contribution < 1.29 is 34.8 Å². The van der Waals surface area contributed by atoms with Crippen molar-refractivity contribution in [3.8, 4) is 11.5 Å². The average molecular weight is 544 g/mol. The number of aryl methyl sites for hydroxylation is 2. The topological polar surface area (TPSA) is 183 Å². The van der Waals surface area contributed by atoms with Crippen LogP contribution in [0.25, 0.3) is 10.8 Å². The number of nitrogens with two attached hydrogens (primary N) is 1. The Morgan fingerprint density at radius 2 is 1.75 bits per heavy atom. The first-order valence-electron chi connectivity index (χ1n) is 12.7. The van der Waals surface area contributed by atoms with Gasteiger partial charge in [-0.15, -0.1) is 0 Å². The highest BCUT2D eigenvalue weighted by molar-refractivity contribution is 6.27. The predicted octanol–water partition coefficient (Wildman–Crippen LogP) is 2.41. The first-order valence-corrected chi connectivity index (χ1v) is 12.7. The van der Waals surface area contributed by atoms with E-state index in [1.807, 2.05) is 6.07 Å². The molecular weight excluding hydrogens is 514 g/mol. The van der Waals surface area contributed by atoms with Crippen molar-refractivity contribution in [1.29, 1.82) is 0 Å². The van der Waals surface area contributed by atoms with Crippen LogP contribution < -0.4 is 11.2 Å². The first-order chi connectivity index (χ1) is 18.9. The Balaban J connectivity index is 1.59. The van der Waals surface area contributed by atoms with E-state index in [9.17, 15) is 34.8 Å². The zero-order chi connectivity index (χ0) is 29.1. The highest BCUT2D eigenvalue weighted by atomic mass is 16.3. The van der Waals surface area contributed by atoms with E-state index in [2.05, 4.69) is 10.5 Å². The number of nitrogens with one attached hydrogen (secondary N) is 1. The number of ketones is 2. The molecule has 2 aliphatic rings. The van der Waals surface area contributed by atoms with Crippen molar-refractivity contribution in [2.75, 3.05) is 0 Å². The van der Waals surface area contributed by atoms with Gasteiger partial charge in [-0.25, -0.2) is 5.43 Å². The molecule has 206 valence electrons. The molecule has 1 amide bonds. The maximum atomic E-state index is 13.9. The molecule has 7 N–H and O–H groups in total. The molecule has 0 saturated heterocycles. The summed E-state index contributed by atoms with van der Waals surface area (Å²) >= 11 is 0. The Morgan fingerprint density at radius 3 is 2.42 bits per heavy atom. The number of carbonyl (C=O) groups is 3. The Morgan fingerprint density at radius 1 is 1.07 bits per heavy atom. The van der Waals surface area contributed by atoms with Crippen LogP contribution in [0.4, 0.5) is 0 Å². The lowest BCUT2D eigenvalue weighted by atomic mass is 9.61. The largest absolute Gasteiger partial charge is 0.508 e. The van der Waals surface area contributed by atoms with Crippen molar-refractivity contribution >= 4 is 34.0 Å². The number of benzene rings is 3. The van der Waals surface area contributed by atoms with Gasteiger partial charge in [0.25, 0.3) is 0 Å². The van der Waals surface area contributed by atoms with Crippen molar-refractivity contribution in [3.63, 3.8) is 0 Å². The number of fused-ring (bicyclic) bond motifs is 3. The number of rotatable bonds is 4. The average Bonchev–Trinajstić information content (AvgIpc) is 2.92. The third kappa shape index (κ3) is 3.87. The SMILES string of the molecule is C/C(=N\NC(=O)Cc1ccccc1)C1=C(O)[C@@]2(O)C(=O)c3c(c(C)c4ccc(C)c(O)c4c3O)C[C@H]2[C@@H](N)C1=O. The fourth-order valence-electron chi connectivity index (χ4n) is 5.79. The molecule has 5 rings (SSSR count). The number of aliphatic hydroxyl groups excluding tert-OH is 1. The molecule has 3 atom stereocenters. The van der Waals surface area contributed by atoms with Gasteiger partial charge in [0.15, 0.2) is 11.4 Å². The van der Waals surface area contributed by atoms with Gasteiger partial charge < -0.3 is 26.2 Å². The lowest BCUT2D eigenvalue weighted by Gasteiger charge is -2.45. The highest BCUT2D eigenvalue weighted by Crippen LogP contribution is 2.50. The first kappa shape index (κ1) is 27.0. The summed E-state index contributed by atoms with van der Waals surface area (Å²) in [6.45, 7) is 4.68. The van der Waals surface area contributed by atoms with Gasteiger partial charge in [0, 0.05) is 5.92 Å². The van der Waals surface area contributed by atoms with E-state index in [0.29, 0.717) is 22.1 Å². The van der Waals surface area contributed by atoms with Crippen molar-refractivity contribution in [1.82, 2.24) is 5.43 Å². The molecule has 0 radical (unpaired) electrons. The van der Waals surface area contributed by atoms with E-state index in [1.54, 1.807) is 50.2 Å². The van der Waals surface area contributed by atoms with Crippen LogP contribution in [0.3, 0.4) is 0 Å². The fourth-order valence-corrected chi connectivity index (χ4v) is 5.79. The minimum atomic E-state index is -2.66. The van der Waals surface area contributed by atoms with Crippen LogP contribution in [0.1, 0.15) is 39.5 Å². The monoisotopic (exact) mass is 543 g/mol. The van der Waals surface area contributed by atoms with E-state index in [4.69, 9.17) is 5.73 Å². The van der Waals surface area contributed by atoms with Gasteiger partial charge in [0.2, 0.25) is 11.7 Å². The molecule has 3 aromatic carbocycles. The molecule has 0 bridgehead atoms. The van der Waals surface area contributed by atoms with Crippen LogP contribution in [0.5, 0.6) is 11.5 Å². The summed E-state index contributed by atoms with van der Waals surface area (Å²) in [5.41, 5.74) is 7.18. The van der Waals surface area contributed by atoms with Gasteiger partial charge in [-0.1, -0.05) is 42.5 Å². The minimum Gasteiger partial charge on any atom is -0.508 e. The number of amides is 1. The number of Topliss-reactive ketones (excluding diaryl/α,β-unsaturated/α-hetero) is 2. The summed E-state index contributed by atoms with van der Waals surface area (Å²) in [5.74, 6) is -5.23. The van der Waals surface area contributed by atoms with E-state index in [0.717, 1.165) is 5.56 Å². The van der Waals surface area contributed by atoms with Crippen LogP contribution in [-0.4, -0.2) is 55.3 Å². The molecule has 3 aromatic rings. The standard InChI is InChI=1S/C30H29N3O7/c1-13-9-10-17-14(2)18-12-19-24(31)27(37)21(15(3)32-33-20(34)11-16-7-5-4-6-8-16)28(38)30(19,40)29(39)23(18)26(36)22(17)25(13)35/h4-10,19,24,35-36,38,40H,11-12,31H2,1-3H3,(H,33,34)/b32-15+/t19-,24+,30+/m0/s1. The zero-order valence-electron chi connectivity index (χ0n) is 22.1. The molecule has 40 heavy (non-hydrogen) atoms. The fraction of sp³-hybridized carbons (Fsp3) is 0.267. The number of hydrazone groups is 1. The normalized spacial score (nSPS) is 22.8. The zero-order valence-corrected chi connectivity index (χ0v) is 22.1. The number of hydrogen-bond donors (Lipinski definition) is 6. The Hall–Kier alpha value is -4.54. The van der Waals surface area contributed by atoms with E-state index < -0.39 is 52.1 Å². The second kappa shape index (κ2) is 9.58. The highest BCUT2D eigenvalue weighted by Gasteiger charge is 2.60. The lowest BCUT2D eigenvalue weighted by Crippen LogP contribution is -2.63. The molecule has 10 heteroatoms. The Kier molecular flexibility index (Phi) is 6.48. The molecule has 0 unspecified atom stereocenters. The van der Waals surface area contributed by atoms with E-state index >= 15 is 0 Å². The third-order valence-electron chi connectivity index (χ3n) is 8.04. The molecule has 0 aliphatic heterocycles. The van der Waals surface area contributed by atoms with Crippen LogP contribution in [0.15, 0.2) is 58.9 Å². The van der Waals surface area contributed by atoms with Crippen LogP contribution in [0, 0.1) is 19.8 Å². The third-order valence-corrected chi connectivity index (χ3v) is 8.04. The molecular formula is C30H29N3O7. The molecule has 0 spiro atoms. The van der Waals surface area contributed by atoms with E-state index in [1.165, 1.54) is 6.92 Å². The van der Waals surface area contributed by atoms with Gasteiger partial charge in [0.05, 0.1) is 34.7 Å². The summed E-state index contributed by atoms with van der Waals surface area (Å²) < 4.78 is 0. The number of phenols is 2. The maximum Gasteiger partial charge on any atom is 0.244 e. The quantitative estimate of drug-likeness (QED) is 0.214. The van der Waals surface area contributed by atoms with Gasteiger partial charge in [0.1, 0.15) is 17.3 Å². The summed E-state index contributed by atoms with van der Waals surface area (Å²) in [7, 11) is 0. The minimum absolute atomic E-state index is 0.0102.